The molecule has 2 saturated carbocycles. The number of carbonyl (C=O) groups is 2. The first-order valence-corrected chi connectivity index (χ1v) is 18.0. The maximum absolute atomic E-state index is 13.7. The molecule has 1 heterocycles. The van der Waals surface area contributed by atoms with Crippen molar-refractivity contribution in [1.82, 2.24) is 4.90 Å². The van der Waals surface area contributed by atoms with Crippen LogP contribution in [-0.2, 0) is 9.59 Å². The molecule has 7 atom stereocenters. The van der Waals surface area contributed by atoms with Crippen molar-refractivity contribution in [2.45, 2.75) is 138 Å². The van der Waals surface area contributed by atoms with E-state index in [0.717, 1.165) is 38.1 Å². The number of hydrogen-bond donors (Lipinski definition) is 2. The van der Waals surface area contributed by atoms with Gasteiger partial charge in [-0.25, -0.2) is 0 Å². The van der Waals surface area contributed by atoms with Crippen molar-refractivity contribution in [3.05, 3.63) is 23.8 Å². The summed E-state index contributed by atoms with van der Waals surface area (Å²) in [5, 5.41) is 19.3. The highest BCUT2D eigenvalue weighted by atomic mass is 16.4. The van der Waals surface area contributed by atoms with Crippen molar-refractivity contribution in [2.75, 3.05) is 6.54 Å². The molecular weight excluding hydrogens is 548 g/mol. The number of carboxylic acids is 1. The molecule has 0 aromatic heterocycles. The molecule has 2 N–H and O–H groups in total. The number of amidine groups is 1. The summed E-state index contributed by atoms with van der Waals surface area (Å²) in [7, 11) is 0. The molecule has 5 aliphatic rings. The van der Waals surface area contributed by atoms with Gasteiger partial charge in [-0.15, -0.1) is 0 Å². The third kappa shape index (κ3) is 8.85. The van der Waals surface area contributed by atoms with Crippen LogP contribution in [0.15, 0.2) is 28.8 Å². The lowest BCUT2D eigenvalue weighted by atomic mass is 9.66. The lowest BCUT2D eigenvalue weighted by molar-refractivity contribution is -0.147. The van der Waals surface area contributed by atoms with Crippen LogP contribution in [0.1, 0.15) is 126 Å². The molecule has 44 heavy (non-hydrogen) atoms. The molecule has 6 heteroatoms. The Hall–Kier alpha value is -1.95. The summed E-state index contributed by atoms with van der Waals surface area (Å²) in [5.41, 5.74) is 0.997. The van der Waals surface area contributed by atoms with E-state index in [4.69, 9.17) is 10.1 Å². The van der Waals surface area contributed by atoms with E-state index in [1.165, 1.54) is 44.1 Å². The van der Waals surface area contributed by atoms with E-state index in [0.29, 0.717) is 66.2 Å². The average Bonchev–Trinajstić information content (AvgIpc) is 3.92. The number of rotatable bonds is 12. The Morgan fingerprint density at radius 3 is 2.20 bits per heavy atom. The van der Waals surface area contributed by atoms with Gasteiger partial charge in [-0.05, 0) is 131 Å². The number of allylic oxidation sites excluding steroid dienone is 4. The number of aliphatic imine (C=N–C) groups is 1. The molecule has 1 amide bonds. The topological polar surface area (TPSA) is 90.2 Å². The van der Waals surface area contributed by atoms with Gasteiger partial charge < -0.3 is 10.2 Å². The van der Waals surface area contributed by atoms with Crippen LogP contribution in [0, 0.1) is 52.8 Å². The predicted octanol–water partition coefficient (Wildman–Crippen LogP) is 8.30. The fourth-order valence-electron chi connectivity index (χ4n) is 7.53. The quantitative estimate of drug-likeness (QED) is 0.233. The minimum absolute atomic E-state index is 0.267. The van der Waals surface area contributed by atoms with Crippen molar-refractivity contribution in [3.63, 3.8) is 0 Å². The van der Waals surface area contributed by atoms with Crippen LogP contribution in [0.4, 0.5) is 0 Å². The standard InChI is InChI=1S/C32H50N2O2.C6H12O2/c1-20-8-16-29-26(18-20)10-9-21(2)28(29)17-15-27(35)6-5-7-30(36)34(32-23(4)22(3)19-33-32)31(24-11-12-24)25-13-14-25;1-4-6(2,3)5(7)8/h9-10,18,20-25,27-29,31,35H,5-8,11-17,19H2,1-4H3;4H2,1-3H3,(H,7,8)/t20-,21?,22?,23?,27?,28?,29?;/m1./s1. The van der Waals surface area contributed by atoms with Gasteiger partial charge in [0.2, 0.25) is 5.91 Å². The predicted molar refractivity (Wildman–Crippen MR) is 179 cm³/mol. The molecule has 0 radical (unpaired) electrons. The molecular formula is C38H62N2O4. The highest BCUT2D eigenvalue weighted by Crippen LogP contribution is 2.48. The van der Waals surface area contributed by atoms with E-state index in [1.54, 1.807) is 13.8 Å². The van der Waals surface area contributed by atoms with Crippen molar-refractivity contribution in [3.8, 4) is 0 Å². The first-order valence-electron chi connectivity index (χ1n) is 18.0. The fourth-order valence-corrected chi connectivity index (χ4v) is 7.53. The molecule has 0 aromatic carbocycles. The van der Waals surface area contributed by atoms with E-state index in [9.17, 15) is 14.7 Å². The zero-order valence-electron chi connectivity index (χ0n) is 28.8. The second-order valence-corrected chi connectivity index (χ2v) is 15.8. The van der Waals surface area contributed by atoms with Crippen molar-refractivity contribution in [1.29, 1.82) is 0 Å². The molecule has 0 aromatic rings. The summed E-state index contributed by atoms with van der Waals surface area (Å²) < 4.78 is 0. The first kappa shape index (κ1) is 34.9. The van der Waals surface area contributed by atoms with Gasteiger partial charge in [-0.2, -0.15) is 0 Å². The number of hydrogen-bond acceptors (Lipinski definition) is 4. The summed E-state index contributed by atoms with van der Waals surface area (Å²) in [4.78, 5) is 31.0. The van der Waals surface area contributed by atoms with Gasteiger partial charge in [0.05, 0.1) is 11.5 Å². The first-order chi connectivity index (χ1) is 20.8. The van der Waals surface area contributed by atoms with E-state index < -0.39 is 11.4 Å². The highest BCUT2D eigenvalue weighted by Gasteiger charge is 2.49. The number of carboxylic acid groups (broad SMARTS) is 1. The SMILES string of the molecule is CC1C=CC2=C[C@H](C)CCC2C1CCC(O)CCCC(=O)N(C1=NCC(C)C1C)C(C1CC1)C1CC1.CCC(C)(C)C(=O)O. The Balaban J connectivity index is 0.000000488. The summed E-state index contributed by atoms with van der Waals surface area (Å²) in [6.07, 6.45) is 19.3. The normalized spacial score (nSPS) is 30.6. The van der Waals surface area contributed by atoms with Gasteiger partial charge in [0.1, 0.15) is 5.84 Å². The molecule has 248 valence electrons. The Morgan fingerprint density at radius 2 is 1.68 bits per heavy atom. The molecule has 4 aliphatic carbocycles. The van der Waals surface area contributed by atoms with Crippen LogP contribution >= 0.6 is 0 Å². The van der Waals surface area contributed by atoms with E-state index in [1.807, 2.05) is 6.92 Å². The summed E-state index contributed by atoms with van der Waals surface area (Å²) in [6, 6.07) is 0.384. The van der Waals surface area contributed by atoms with Crippen LogP contribution in [-0.4, -0.2) is 51.5 Å². The number of fused-ring (bicyclic) bond motifs is 1. The third-order valence-corrected chi connectivity index (χ3v) is 11.7. The minimum atomic E-state index is -0.722. The number of carbonyl (C=O) groups excluding carboxylic acids is 1. The molecule has 6 nitrogen and oxygen atoms in total. The van der Waals surface area contributed by atoms with Crippen LogP contribution in [0.25, 0.3) is 0 Å². The zero-order chi connectivity index (χ0) is 32.2. The lowest BCUT2D eigenvalue weighted by Crippen LogP contribution is -2.48. The summed E-state index contributed by atoms with van der Waals surface area (Å²) in [6.45, 7) is 15.4. The Bertz CT molecular complexity index is 1070. The van der Waals surface area contributed by atoms with Crippen LogP contribution < -0.4 is 0 Å². The lowest BCUT2D eigenvalue weighted by Gasteiger charge is -2.39. The van der Waals surface area contributed by atoms with Gasteiger partial charge in [0.15, 0.2) is 0 Å². The molecule has 1 aliphatic heterocycles. The van der Waals surface area contributed by atoms with E-state index in [-0.39, 0.29) is 12.0 Å². The van der Waals surface area contributed by atoms with E-state index >= 15 is 0 Å². The second-order valence-electron chi connectivity index (χ2n) is 15.8. The fraction of sp³-hybridized carbons (Fsp3) is 0.816. The number of nitrogens with zero attached hydrogens (tertiary/aromatic N) is 2. The van der Waals surface area contributed by atoms with E-state index in [2.05, 4.69) is 50.8 Å². The maximum atomic E-state index is 13.7. The van der Waals surface area contributed by atoms with Crippen LogP contribution in [0.3, 0.4) is 0 Å². The average molecular weight is 611 g/mol. The number of aliphatic carboxylic acids is 1. The number of amides is 1. The molecule has 0 saturated heterocycles. The van der Waals surface area contributed by atoms with Gasteiger partial charge in [-0.3, -0.25) is 19.5 Å². The van der Waals surface area contributed by atoms with Crippen molar-refractivity contribution < 1.29 is 19.8 Å². The van der Waals surface area contributed by atoms with Crippen LogP contribution in [0.2, 0.25) is 0 Å². The zero-order valence-corrected chi connectivity index (χ0v) is 28.8. The Labute approximate surface area is 267 Å². The molecule has 6 unspecified atom stereocenters. The van der Waals surface area contributed by atoms with Gasteiger partial charge in [-0.1, -0.05) is 52.8 Å². The van der Waals surface area contributed by atoms with Crippen molar-refractivity contribution in [2.24, 2.45) is 57.8 Å². The summed E-state index contributed by atoms with van der Waals surface area (Å²) >= 11 is 0. The van der Waals surface area contributed by atoms with Gasteiger partial charge >= 0.3 is 5.97 Å². The van der Waals surface area contributed by atoms with Gasteiger partial charge in [0, 0.05) is 24.9 Å². The molecule has 0 bridgehead atoms. The monoisotopic (exact) mass is 610 g/mol. The molecule has 2 fully saturated rings. The second kappa shape index (κ2) is 15.1. The number of aliphatic hydroxyl groups excluding tert-OH is 1. The smallest absolute Gasteiger partial charge is 0.309 e. The Kier molecular flexibility index (Phi) is 12.0. The highest BCUT2D eigenvalue weighted by molar-refractivity contribution is 6.00. The Morgan fingerprint density at radius 1 is 1.02 bits per heavy atom. The van der Waals surface area contributed by atoms with Crippen molar-refractivity contribution >= 4 is 17.7 Å². The maximum Gasteiger partial charge on any atom is 0.309 e. The third-order valence-electron chi connectivity index (χ3n) is 11.7. The largest absolute Gasteiger partial charge is 0.481 e. The van der Waals surface area contributed by atoms with Crippen LogP contribution in [0.5, 0.6) is 0 Å². The molecule has 0 spiro atoms. The van der Waals surface area contributed by atoms with Gasteiger partial charge in [0.25, 0.3) is 0 Å². The number of aliphatic hydroxyl groups is 1. The minimum Gasteiger partial charge on any atom is -0.481 e. The summed E-state index contributed by atoms with van der Waals surface area (Å²) in [5.74, 6) is 5.47. The molecule has 5 rings (SSSR count).